The van der Waals surface area contributed by atoms with Gasteiger partial charge in [-0.15, -0.1) is 10.2 Å². The highest BCUT2D eigenvalue weighted by atomic mass is 32.2. The number of hydrogen-bond donors (Lipinski definition) is 1. The van der Waals surface area contributed by atoms with E-state index >= 15 is 0 Å². The van der Waals surface area contributed by atoms with Gasteiger partial charge in [0.1, 0.15) is 28.9 Å². The number of nitrogens with zero attached hydrogens (tertiary/aromatic N) is 3. The molecule has 1 unspecified atom stereocenters. The third-order valence-electron chi connectivity index (χ3n) is 4.72. The van der Waals surface area contributed by atoms with E-state index in [1.807, 2.05) is 30.3 Å². The maximum absolute atomic E-state index is 13.8. The fourth-order valence-corrected chi connectivity index (χ4v) is 3.91. The number of benzene rings is 3. The Morgan fingerprint density at radius 3 is 2.32 bits per heavy atom. The summed E-state index contributed by atoms with van der Waals surface area (Å²) in [5.74, 6) is -1.95. The summed E-state index contributed by atoms with van der Waals surface area (Å²) in [6, 6.07) is 18.2. The second-order valence-corrected chi connectivity index (χ2v) is 8.10. The van der Waals surface area contributed by atoms with Crippen LogP contribution in [0.15, 0.2) is 78.0 Å². The van der Waals surface area contributed by atoms with Crippen LogP contribution < -0.4 is 10.1 Å². The molecule has 3 aromatic carbocycles. The Hall–Kier alpha value is -3.79. The number of rotatable bonds is 8. The highest BCUT2D eigenvalue weighted by molar-refractivity contribution is 7.99. The lowest BCUT2D eigenvalue weighted by molar-refractivity contribution is -0.113. The average Bonchev–Trinajstić information content (AvgIpc) is 3.26. The summed E-state index contributed by atoms with van der Waals surface area (Å²) >= 11 is 1.05. The van der Waals surface area contributed by atoms with Gasteiger partial charge in [0.05, 0.1) is 5.75 Å². The summed E-state index contributed by atoms with van der Waals surface area (Å²) in [5.41, 5.74) is 0.236. The number of carbonyl (C=O) groups excluding carboxylic acids is 1. The Morgan fingerprint density at radius 1 is 0.971 bits per heavy atom. The Kier molecular flexibility index (Phi) is 7.17. The molecule has 0 spiro atoms. The summed E-state index contributed by atoms with van der Waals surface area (Å²) < 4.78 is 48.5. The predicted octanol–water partition coefficient (Wildman–Crippen LogP) is 5.56. The maximum Gasteiger partial charge on any atom is 0.235 e. The van der Waals surface area contributed by atoms with E-state index in [2.05, 4.69) is 15.5 Å². The van der Waals surface area contributed by atoms with Gasteiger partial charge in [-0.25, -0.2) is 13.2 Å². The molecular weight excluding hydrogens is 465 g/mol. The van der Waals surface area contributed by atoms with Gasteiger partial charge >= 0.3 is 0 Å². The number of anilines is 1. The van der Waals surface area contributed by atoms with Crippen molar-refractivity contribution in [3.05, 3.63) is 96.1 Å². The van der Waals surface area contributed by atoms with E-state index in [1.165, 1.54) is 30.3 Å². The van der Waals surface area contributed by atoms with Crippen molar-refractivity contribution in [2.75, 3.05) is 11.1 Å². The van der Waals surface area contributed by atoms with Crippen molar-refractivity contribution in [1.82, 2.24) is 14.8 Å². The zero-order valence-corrected chi connectivity index (χ0v) is 18.7. The van der Waals surface area contributed by atoms with Crippen molar-refractivity contribution in [2.24, 2.45) is 0 Å². The first-order valence-corrected chi connectivity index (χ1v) is 11.2. The standard InChI is InChI=1S/C24H19F3N4O2S/c1-15(33-18-12-10-16(25)11-13-18)23-29-30-24(31(23)17-6-3-2-4-7-17)34-14-21(32)28-22-19(26)8-5-9-20(22)27/h2-13,15H,14H2,1H3,(H,28,32). The number of amides is 1. The minimum atomic E-state index is -0.861. The van der Waals surface area contributed by atoms with Gasteiger partial charge in [0, 0.05) is 5.69 Å². The van der Waals surface area contributed by atoms with Gasteiger partial charge < -0.3 is 10.1 Å². The van der Waals surface area contributed by atoms with Gasteiger partial charge in [-0.1, -0.05) is 36.0 Å². The molecule has 1 N–H and O–H groups in total. The van der Waals surface area contributed by atoms with Crippen LogP contribution in [0, 0.1) is 17.5 Å². The van der Waals surface area contributed by atoms with Crippen molar-refractivity contribution in [1.29, 1.82) is 0 Å². The van der Waals surface area contributed by atoms with Gasteiger partial charge in [-0.3, -0.25) is 9.36 Å². The largest absolute Gasteiger partial charge is 0.483 e. The van der Waals surface area contributed by atoms with Crippen molar-refractivity contribution in [3.63, 3.8) is 0 Å². The van der Waals surface area contributed by atoms with Crippen molar-refractivity contribution >= 4 is 23.4 Å². The van der Waals surface area contributed by atoms with E-state index in [0.717, 1.165) is 29.6 Å². The Bertz CT molecular complexity index is 1260. The molecule has 174 valence electrons. The first kappa shape index (κ1) is 23.4. The monoisotopic (exact) mass is 484 g/mol. The van der Waals surface area contributed by atoms with E-state index in [4.69, 9.17) is 4.74 Å². The predicted molar refractivity (Wildman–Crippen MR) is 123 cm³/mol. The molecule has 10 heteroatoms. The molecule has 0 saturated carbocycles. The summed E-state index contributed by atoms with van der Waals surface area (Å²) in [4.78, 5) is 12.4. The lowest BCUT2D eigenvalue weighted by Gasteiger charge is -2.16. The molecule has 1 amide bonds. The molecule has 6 nitrogen and oxygen atoms in total. The molecule has 0 aliphatic carbocycles. The highest BCUT2D eigenvalue weighted by Crippen LogP contribution is 2.28. The van der Waals surface area contributed by atoms with E-state index < -0.39 is 29.3 Å². The highest BCUT2D eigenvalue weighted by Gasteiger charge is 2.22. The number of ether oxygens (including phenoxy) is 1. The minimum absolute atomic E-state index is 0.161. The molecule has 0 aliphatic heterocycles. The van der Waals surface area contributed by atoms with Gasteiger partial charge in [0.15, 0.2) is 17.1 Å². The Labute approximate surface area is 197 Å². The zero-order chi connectivity index (χ0) is 24.1. The van der Waals surface area contributed by atoms with E-state index in [-0.39, 0.29) is 11.6 Å². The summed E-state index contributed by atoms with van der Waals surface area (Å²) in [6.07, 6.45) is -0.561. The van der Waals surface area contributed by atoms with Crippen LogP contribution in [0.25, 0.3) is 5.69 Å². The van der Waals surface area contributed by atoms with Crippen molar-refractivity contribution in [3.8, 4) is 11.4 Å². The minimum Gasteiger partial charge on any atom is -0.483 e. The van der Waals surface area contributed by atoms with Crippen LogP contribution in [0.1, 0.15) is 18.9 Å². The Morgan fingerprint density at radius 2 is 1.65 bits per heavy atom. The second kappa shape index (κ2) is 10.4. The maximum atomic E-state index is 13.8. The molecule has 34 heavy (non-hydrogen) atoms. The van der Waals surface area contributed by atoms with Gasteiger partial charge in [-0.05, 0) is 55.5 Å². The molecule has 0 aliphatic rings. The quantitative estimate of drug-likeness (QED) is 0.332. The molecule has 0 bridgehead atoms. The Balaban J connectivity index is 1.55. The molecule has 4 rings (SSSR count). The first-order valence-electron chi connectivity index (χ1n) is 10.2. The third-order valence-corrected chi connectivity index (χ3v) is 5.65. The van der Waals surface area contributed by atoms with Crippen LogP contribution in [-0.2, 0) is 4.79 Å². The lowest BCUT2D eigenvalue weighted by atomic mass is 10.3. The van der Waals surface area contributed by atoms with Crippen molar-refractivity contribution < 1.29 is 22.7 Å². The smallest absolute Gasteiger partial charge is 0.235 e. The van der Waals surface area contributed by atoms with Crippen LogP contribution in [0.5, 0.6) is 5.75 Å². The van der Waals surface area contributed by atoms with E-state index in [9.17, 15) is 18.0 Å². The molecule has 4 aromatic rings. The number of para-hydroxylation sites is 2. The summed E-state index contributed by atoms with van der Waals surface area (Å²) in [7, 11) is 0. The fourth-order valence-electron chi connectivity index (χ4n) is 3.15. The number of hydrogen-bond acceptors (Lipinski definition) is 5. The van der Waals surface area contributed by atoms with Gasteiger partial charge in [0.25, 0.3) is 0 Å². The average molecular weight is 485 g/mol. The first-order chi connectivity index (χ1) is 16.4. The fraction of sp³-hybridized carbons (Fsp3) is 0.125. The number of nitrogens with one attached hydrogen (secondary N) is 1. The molecule has 1 aromatic heterocycles. The molecule has 0 fully saturated rings. The third kappa shape index (κ3) is 5.40. The van der Waals surface area contributed by atoms with E-state index in [1.54, 1.807) is 11.5 Å². The number of aromatic nitrogens is 3. The second-order valence-electron chi connectivity index (χ2n) is 7.16. The van der Waals surface area contributed by atoms with E-state index in [0.29, 0.717) is 16.7 Å². The van der Waals surface area contributed by atoms with Crippen LogP contribution >= 0.6 is 11.8 Å². The van der Waals surface area contributed by atoms with Gasteiger partial charge in [0.2, 0.25) is 5.91 Å². The number of carbonyl (C=O) groups is 1. The zero-order valence-electron chi connectivity index (χ0n) is 17.9. The number of thioether (sulfide) groups is 1. The summed E-state index contributed by atoms with van der Waals surface area (Å²) in [6.45, 7) is 1.77. The van der Waals surface area contributed by atoms with Crippen LogP contribution in [0.4, 0.5) is 18.9 Å². The molecule has 0 saturated heterocycles. The lowest BCUT2D eigenvalue weighted by Crippen LogP contribution is -2.17. The summed E-state index contributed by atoms with van der Waals surface area (Å²) in [5, 5.41) is 11.1. The normalized spacial score (nSPS) is 11.8. The van der Waals surface area contributed by atoms with Crippen LogP contribution in [0.3, 0.4) is 0 Å². The molecular formula is C24H19F3N4O2S. The topological polar surface area (TPSA) is 69.0 Å². The number of halogens is 3. The van der Waals surface area contributed by atoms with Crippen LogP contribution in [0.2, 0.25) is 0 Å². The van der Waals surface area contributed by atoms with Gasteiger partial charge in [-0.2, -0.15) is 0 Å². The molecule has 0 radical (unpaired) electrons. The SMILES string of the molecule is CC(Oc1ccc(F)cc1)c1nnc(SCC(=O)Nc2c(F)cccc2F)n1-c1ccccc1. The van der Waals surface area contributed by atoms with Crippen LogP contribution in [-0.4, -0.2) is 26.4 Å². The molecule has 1 heterocycles. The van der Waals surface area contributed by atoms with Crippen molar-refractivity contribution in [2.45, 2.75) is 18.2 Å². The molecule has 1 atom stereocenters.